The van der Waals surface area contributed by atoms with Crippen molar-refractivity contribution >= 4 is 27.5 Å². The van der Waals surface area contributed by atoms with Crippen molar-refractivity contribution in [2.24, 2.45) is 5.73 Å². The van der Waals surface area contributed by atoms with Gasteiger partial charge in [0.1, 0.15) is 6.04 Å². The molecule has 4 nitrogen and oxygen atoms in total. The Kier molecular flexibility index (Phi) is 5.07. The zero-order valence-corrected chi connectivity index (χ0v) is 14.4. The standard InChI is InChI=1S/C16H23BrN2O2/c1-4-16(5-2)10-19(15(20)13(18)9-21-3)14-7-6-11(17)8-12(14)16/h6-8,13H,4-5,9-10,18H2,1-3H3. The molecule has 5 heteroatoms. The molecule has 0 saturated carbocycles. The van der Waals surface area contributed by atoms with Crippen molar-refractivity contribution in [3.63, 3.8) is 0 Å². The zero-order valence-electron chi connectivity index (χ0n) is 12.9. The van der Waals surface area contributed by atoms with E-state index in [0.717, 1.165) is 23.0 Å². The number of amides is 1. The minimum absolute atomic E-state index is 0.0154. The highest BCUT2D eigenvalue weighted by atomic mass is 79.9. The number of halogens is 1. The second kappa shape index (κ2) is 6.46. The van der Waals surface area contributed by atoms with E-state index in [0.29, 0.717) is 6.54 Å². The Balaban J connectivity index is 2.42. The SMILES string of the molecule is CCC1(CC)CN(C(=O)C(N)COC)c2ccc(Br)cc21. The zero-order chi connectivity index (χ0) is 15.6. The molecule has 0 aromatic heterocycles. The van der Waals surface area contributed by atoms with Gasteiger partial charge < -0.3 is 15.4 Å². The Hall–Kier alpha value is -0.910. The van der Waals surface area contributed by atoms with Crippen LogP contribution in [0, 0.1) is 0 Å². The highest BCUT2D eigenvalue weighted by Crippen LogP contribution is 2.46. The Morgan fingerprint density at radius 1 is 1.48 bits per heavy atom. The predicted molar refractivity (Wildman–Crippen MR) is 88.6 cm³/mol. The molecule has 0 bridgehead atoms. The highest BCUT2D eigenvalue weighted by Gasteiger charge is 2.43. The van der Waals surface area contributed by atoms with Gasteiger partial charge in [-0.05, 0) is 36.6 Å². The molecule has 0 fully saturated rings. The van der Waals surface area contributed by atoms with Crippen molar-refractivity contribution in [1.29, 1.82) is 0 Å². The fourth-order valence-corrected chi connectivity index (χ4v) is 3.50. The van der Waals surface area contributed by atoms with Crippen LogP contribution in [0.2, 0.25) is 0 Å². The molecule has 1 heterocycles. The molecule has 0 radical (unpaired) electrons. The molecule has 0 saturated heterocycles. The third kappa shape index (κ3) is 2.87. The fraction of sp³-hybridized carbons (Fsp3) is 0.562. The second-order valence-corrected chi connectivity index (χ2v) is 6.55. The smallest absolute Gasteiger partial charge is 0.246 e. The number of hydrogen-bond acceptors (Lipinski definition) is 3. The number of carbonyl (C=O) groups excluding carboxylic acids is 1. The Labute approximate surface area is 134 Å². The summed E-state index contributed by atoms with van der Waals surface area (Å²) in [6.45, 7) is 5.29. The van der Waals surface area contributed by atoms with E-state index in [-0.39, 0.29) is 17.9 Å². The molecule has 1 aliphatic rings. The van der Waals surface area contributed by atoms with E-state index in [1.165, 1.54) is 5.56 Å². The summed E-state index contributed by atoms with van der Waals surface area (Å²) in [6, 6.07) is 5.50. The van der Waals surface area contributed by atoms with Crippen LogP contribution in [0.4, 0.5) is 5.69 Å². The number of anilines is 1. The summed E-state index contributed by atoms with van der Waals surface area (Å²) >= 11 is 3.54. The van der Waals surface area contributed by atoms with E-state index >= 15 is 0 Å². The molecule has 21 heavy (non-hydrogen) atoms. The van der Waals surface area contributed by atoms with Crippen LogP contribution >= 0.6 is 15.9 Å². The molecular weight excluding hydrogens is 332 g/mol. The molecule has 1 atom stereocenters. The Bertz CT molecular complexity index is 529. The number of nitrogens with two attached hydrogens (primary N) is 1. The predicted octanol–water partition coefficient (Wildman–Crippen LogP) is 2.83. The first-order chi connectivity index (χ1) is 9.99. The lowest BCUT2D eigenvalue weighted by atomic mass is 9.78. The Morgan fingerprint density at radius 2 is 2.14 bits per heavy atom. The summed E-state index contributed by atoms with van der Waals surface area (Å²) in [5.74, 6) is -0.0656. The monoisotopic (exact) mass is 354 g/mol. The molecular formula is C16H23BrN2O2. The molecule has 1 aromatic rings. The first-order valence-corrected chi connectivity index (χ1v) is 8.14. The van der Waals surface area contributed by atoms with Crippen LogP contribution in [0.1, 0.15) is 32.3 Å². The number of ether oxygens (including phenoxy) is 1. The van der Waals surface area contributed by atoms with Gasteiger partial charge >= 0.3 is 0 Å². The van der Waals surface area contributed by atoms with Crippen molar-refractivity contribution in [2.45, 2.75) is 38.1 Å². The number of carbonyl (C=O) groups is 1. The summed E-state index contributed by atoms with van der Waals surface area (Å²) in [5.41, 5.74) is 8.18. The number of fused-ring (bicyclic) bond motifs is 1. The lowest BCUT2D eigenvalue weighted by Gasteiger charge is -2.28. The van der Waals surface area contributed by atoms with E-state index in [4.69, 9.17) is 10.5 Å². The number of rotatable bonds is 5. The van der Waals surface area contributed by atoms with Crippen LogP contribution < -0.4 is 10.6 Å². The number of benzene rings is 1. The Morgan fingerprint density at radius 3 is 2.71 bits per heavy atom. The maximum atomic E-state index is 12.6. The van der Waals surface area contributed by atoms with Gasteiger partial charge in [0.15, 0.2) is 0 Å². The highest BCUT2D eigenvalue weighted by molar-refractivity contribution is 9.10. The van der Waals surface area contributed by atoms with Crippen molar-refractivity contribution < 1.29 is 9.53 Å². The summed E-state index contributed by atoms with van der Waals surface area (Å²) < 4.78 is 6.06. The van der Waals surface area contributed by atoms with Crippen LogP contribution in [-0.2, 0) is 14.9 Å². The lowest BCUT2D eigenvalue weighted by Crippen LogP contribution is -2.47. The first kappa shape index (κ1) is 16.5. The fourth-order valence-electron chi connectivity index (χ4n) is 3.14. The van der Waals surface area contributed by atoms with E-state index in [1.807, 2.05) is 17.0 Å². The summed E-state index contributed by atoms with van der Waals surface area (Å²) in [7, 11) is 1.56. The van der Waals surface area contributed by atoms with Gasteiger partial charge in [0.05, 0.1) is 6.61 Å². The van der Waals surface area contributed by atoms with Gasteiger partial charge in [-0.3, -0.25) is 4.79 Å². The van der Waals surface area contributed by atoms with Crippen LogP contribution in [0.5, 0.6) is 0 Å². The van der Waals surface area contributed by atoms with Gasteiger partial charge in [0, 0.05) is 29.2 Å². The third-order valence-corrected chi connectivity index (χ3v) is 5.06. The molecule has 1 amide bonds. The summed E-state index contributed by atoms with van der Waals surface area (Å²) in [4.78, 5) is 14.4. The van der Waals surface area contributed by atoms with Gasteiger partial charge in [-0.1, -0.05) is 29.8 Å². The molecule has 116 valence electrons. The van der Waals surface area contributed by atoms with Crippen molar-refractivity contribution in [1.82, 2.24) is 0 Å². The minimum atomic E-state index is -0.615. The van der Waals surface area contributed by atoms with Gasteiger partial charge in [-0.15, -0.1) is 0 Å². The minimum Gasteiger partial charge on any atom is -0.383 e. The average Bonchev–Trinajstić information content (AvgIpc) is 2.81. The average molecular weight is 355 g/mol. The third-order valence-electron chi connectivity index (χ3n) is 4.56. The molecule has 2 rings (SSSR count). The quantitative estimate of drug-likeness (QED) is 0.884. The van der Waals surface area contributed by atoms with E-state index in [1.54, 1.807) is 7.11 Å². The molecule has 0 spiro atoms. The molecule has 0 aliphatic carbocycles. The normalized spacial score (nSPS) is 17.7. The van der Waals surface area contributed by atoms with Crippen molar-refractivity contribution in [3.8, 4) is 0 Å². The van der Waals surface area contributed by atoms with Crippen molar-refractivity contribution in [2.75, 3.05) is 25.2 Å². The lowest BCUT2D eigenvalue weighted by molar-refractivity contribution is -0.120. The van der Waals surface area contributed by atoms with E-state index in [2.05, 4.69) is 35.8 Å². The number of hydrogen-bond donors (Lipinski definition) is 1. The molecule has 1 aliphatic heterocycles. The van der Waals surface area contributed by atoms with Gasteiger partial charge in [-0.25, -0.2) is 0 Å². The summed E-state index contributed by atoms with van der Waals surface area (Å²) in [6.07, 6.45) is 1.99. The van der Waals surface area contributed by atoms with E-state index < -0.39 is 6.04 Å². The van der Waals surface area contributed by atoms with Gasteiger partial charge in [0.2, 0.25) is 5.91 Å². The van der Waals surface area contributed by atoms with Crippen LogP contribution in [0.3, 0.4) is 0 Å². The maximum Gasteiger partial charge on any atom is 0.246 e. The summed E-state index contributed by atoms with van der Waals surface area (Å²) in [5, 5.41) is 0. The second-order valence-electron chi connectivity index (χ2n) is 5.64. The largest absolute Gasteiger partial charge is 0.383 e. The first-order valence-electron chi connectivity index (χ1n) is 7.35. The van der Waals surface area contributed by atoms with Gasteiger partial charge in [0.25, 0.3) is 0 Å². The number of nitrogens with zero attached hydrogens (tertiary/aromatic N) is 1. The van der Waals surface area contributed by atoms with Gasteiger partial charge in [-0.2, -0.15) is 0 Å². The van der Waals surface area contributed by atoms with Crippen LogP contribution in [-0.4, -0.2) is 32.2 Å². The van der Waals surface area contributed by atoms with E-state index in [9.17, 15) is 4.79 Å². The molecule has 1 unspecified atom stereocenters. The molecule has 2 N–H and O–H groups in total. The maximum absolute atomic E-state index is 12.6. The topological polar surface area (TPSA) is 55.6 Å². The number of methoxy groups -OCH3 is 1. The molecule has 1 aromatic carbocycles. The van der Waals surface area contributed by atoms with Crippen molar-refractivity contribution in [3.05, 3.63) is 28.2 Å². The van der Waals surface area contributed by atoms with Crippen LogP contribution in [0.15, 0.2) is 22.7 Å². The van der Waals surface area contributed by atoms with Crippen LogP contribution in [0.25, 0.3) is 0 Å².